The van der Waals surface area contributed by atoms with Crippen LogP contribution in [0, 0.1) is 0 Å². The number of aliphatic hydroxyl groups is 1. The van der Waals surface area contributed by atoms with Gasteiger partial charge in [-0.25, -0.2) is 0 Å². The lowest BCUT2D eigenvalue weighted by Gasteiger charge is -2.18. The quantitative estimate of drug-likeness (QED) is 0.0858. The fraction of sp³-hybridized carbons (Fsp3) is 1.00. The van der Waals surface area contributed by atoms with Gasteiger partial charge in [-0.15, -0.1) is 0 Å². The highest BCUT2D eigenvalue weighted by molar-refractivity contribution is 4.71. The van der Waals surface area contributed by atoms with Gasteiger partial charge in [0.1, 0.15) is 0 Å². The van der Waals surface area contributed by atoms with Crippen molar-refractivity contribution in [2.24, 2.45) is 5.73 Å². The monoisotopic (exact) mass is 526 g/mol. The van der Waals surface area contributed by atoms with E-state index in [0.717, 1.165) is 25.9 Å². The minimum absolute atomic E-state index is 0.232. The van der Waals surface area contributed by atoms with Crippen molar-refractivity contribution in [3.63, 3.8) is 0 Å². The van der Waals surface area contributed by atoms with E-state index < -0.39 is 6.10 Å². The molecule has 3 nitrogen and oxygen atoms in total. The topological polar surface area (TPSA) is 55.5 Å². The van der Waals surface area contributed by atoms with Crippen molar-refractivity contribution in [2.45, 2.75) is 206 Å². The molecule has 0 aromatic carbocycles. The van der Waals surface area contributed by atoms with Crippen LogP contribution in [0.2, 0.25) is 0 Å². The van der Waals surface area contributed by atoms with Gasteiger partial charge in [-0.3, -0.25) is 0 Å². The van der Waals surface area contributed by atoms with Crippen molar-refractivity contribution in [1.82, 2.24) is 0 Å². The number of hydrogen-bond donors (Lipinski definition) is 2. The lowest BCUT2D eigenvalue weighted by Crippen LogP contribution is -2.38. The molecular weight excluding hydrogens is 454 g/mol. The first-order chi connectivity index (χ1) is 18.2. The van der Waals surface area contributed by atoms with Gasteiger partial charge in [0.05, 0.1) is 18.8 Å². The zero-order valence-corrected chi connectivity index (χ0v) is 25.8. The summed E-state index contributed by atoms with van der Waals surface area (Å²) in [7, 11) is 0. The molecule has 0 aromatic heterocycles. The molecular formula is C34H71NO2. The summed E-state index contributed by atoms with van der Waals surface area (Å²) in [5.74, 6) is 0. The first-order valence-electron chi connectivity index (χ1n) is 17.2. The van der Waals surface area contributed by atoms with Gasteiger partial charge in [0.25, 0.3) is 0 Å². The maximum Gasteiger partial charge on any atom is 0.0713 e. The zero-order valence-electron chi connectivity index (χ0n) is 25.8. The second-order valence-corrected chi connectivity index (χ2v) is 11.9. The molecule has 0 aromatic rings. The Morgan fingerprint density at radius 3 is 1.11 bits per heavy atom. The van der Waals surface area contributed by atoms with E-state index >= 15 is 0 Å². The zero-order chi connectivity index (χ0) is 27.1. The fourth-order valence-corrected chi connectivity index (χ4v) is 5.31. The molecule has 2 unspecified atom stereocenters. The summed E-state index contributed by atoms with van der Waals surface area (Å²) in [6, 6.07) is -0.232. The van der Waals surface area contributed by atoms with Gasteiger partial charge >= 0.3 is 0 Å². The Balaban J connectivity index is 3.26. The fourth-order valence-electron chi connectivity index (χ4n) is 5.31. The van der Waals surface area contributed by atoms with E-state index in [2.05, 4.69) is 13.8 Å². The number of hydrogen-bond acceptors (Lipinski definition) is 3. The summed E-state index contributed by atoms with van der Waals surface area (Å²) in [6.45, 7) is 5.86. The Kier molecular flexibility index (Phi) is 32.0. The summed E-state index contributed by atoms with van der Waals surface area (Å²) < 4.78 is 5.76. The van der Waals surface area contributed by atoms with Crippen LogP contribution in [0.3, 0.4) is 0 Å². The number of ether oxygens (including phenoxy) is 1. The summed E-state index contributed by atoms with van der Waals surface area (Å²) >= 11 is 0. The van der Waals surface area contributed by atoms with Crippen molar-refractivity contribution < 1.29 is 9.84 Å². The van der Waals surface area contributed by atoms with Gasteiger partial charge in [0, 0.05) is 6.61 Å². The third-order valence-corrected chi connectivity index (χ3v) is 8.05. The van der Waals surface area contributed by atoms with Crippen molar-refractivity contribution in [2.75, 3.05) is 13.2 Å². The van der Waals surface area contributed by atoms with Crippen molar-refractivity contribution in [3.05, 3.63) is 0 Å². The van der Waals surface area contributed by atoms with Gasteiger partial charge in [0.2, 0.25) is 0 Å². The molecule has 2 atom stereocenters. The second kappa shape index (κ2) is 32.1. The minimum atomic E-state index is -0.413. The number of nitrogens with two attached hydrogens (primary N) is 1. The molecule has 37 heavy (non-hydrogen) atoms. The van der Waals surface area contributed by atoms with E-state index in [9.17, 15) is 5.11 Å². The third kappa shape index (κ3) is 30.3. The molecule has 0 saturated carbocycles. The highest BCUT2D eigenvalue weighted by Gasteiger charge is 2.14. The molecule has 224 valence electrons. The van der Waals surface area contributed by atoms with Crippen molar-refractivity contribution in [1.29, 1.82) is 0 Å². The SMILES string of the molecule is CCCCCCCCCCCCCCCCOCC(N)C(O)CCCCCCCCCCCCCCC. The Labute approximate surface area is 234 Å². The average Bonchev–Trinajstić information content (AvgIpc) is 2.90. The Hall–Kier alpha value is -0.120. The van der Waals surface area contributed by atoms with Crippen LogP contribution in [-0.2, 0) is 4.74 Å². The van der Waals surface area contributed by atoms with Gasteiger partial charge in [-0.2, -0.15) is 0 Å². The molecule has 0 saturated heterocycles. The van der Waals surface area contributed by atoms with Crippen molar-refractivity contribution in [3.8, 4) is 0 Å². The van der Waals surface area contributed by atoms with Crippen LogP contribution in [0.5, 0.6) is 0 Å². The van der Waals surface area contributed by atoms with E-state index in [0.29, 0.717) is 6.61 Å². The highest BCUT2D eigenvalue weighted by Crippen LogP contribution is 2.15. The van der Waals surface area contributed by atoms with Crippen LogP contribution in [0.1, 0.15) is 194 Å². The van der Waals surface area contributed by atoms with Crippen LogP contribution >= 0.6 is 0 Å². The van der Waals surface area contributed by atoms with Crippen LogP contribution in [0.4, 0.5) is 0 Å². The van der Waals surface area contributed by atoms with E-state index in [1.165, 1.54) is 161 Å². The molecule has 0 heterocycles. The molecule has 0 aliphatic rings. The maximum absolute atomic E-state index is 10.3. The highest BCUT2D eigenvalue weighted by atomic mass is 16.5. The number of rotatable bonds is 32. The van der Waals surface area contributed by atoms with E-state index in [1.807, 2.05) is 0 Å². The molecule has 0 aliphatic heterocycles. The summed E-state index contributed by atoms with van der Waals surface area (Å²) in [6.07, 6.45) is 37.3. The largest absolute Gasteiger partial charge is 0.391 e. The van der Waals surface area contributed by atoms with Gasteiger partial charge in [-0.05, 0) is 12.8 Å². The molecule has 3 N–H and O–H groups in total. The van der Waals surface area contributed by atoms with Gasteiger partial charge in [0.15, 0.2) is 0 Å². The Morgan fingerprint density at radius 2 is 0.757 bits per heavy atom. The van der Waals surface area contributed by atoms with Crippen molar-refractivity contribution >= 4 is 0 Å². The molecule has 0 radical (unpaired) electrons. The maximum atomic E-state index is 10.3. The van der Waals surface area contributed by atoms with E-state index in [4.69, 9.17) is 10.5 Å². The molecule has 0 bridgehead atoms. The number of aliphatic hydroxyl groups excluding tert-OH is 1. The predicted molar refractivity (Wildman–Crippen MR) is 165 cm³/mol. The van der Waals surface area contributed by atoms with E-state index in [-0.39, 0.29) is 6.04 Å². The lowest BCUT2D eigenvalue weighted by molar-refractivity contribution is 0.0560. The molecule has 3 heteroatoms. The normalized spacial score (nSPS) is 13.3. The minimum Gasteiger partial charge on any atom is -0.391 e. The molecule has 0 fully saturated rings. The third-order valence-electron chi connectivity index (χ3n) is 8.05. The molecule has 0 aliphatic carbocycles. The predicted octanol–water partition coefficient (Wildman–Crippen LogP) is 10.7. The van der Waals surface area contributed by atoms with Crippen LogP contribution < -0.4 is 5.73 Å². The first kappa shape index (κ1) is 36.9. The summed E-state index contributed by atoms with van der Waals surface area (Å²) in [5, 5.41) is 10.3. The van der Waals surface area contributed by atoms with Crippen LogP contribution in [-0.4, -0.2) is 30.5 Å². The smallest absolute Gasteiger partial charge is 0.0713 e. The summed E-state index contributed by atoms with van der Waals surface area (Å²) in [4.78, 5) is 0. The average molecular weight is 526 g/mol. The first-order valence-corrected chi connectivity index (χ1v) is 17.2. The lowest BCUT2D eigenvalue weighted by atomic mass is 10.0. The van der Waals surface area contributed by atoms with Gasteiger partial charge in [-0.1, -0.05) is 181 Å². The van der Waals surface area contributed by atoms with E-state index in [1.54, 1.807) is 0 Å². The van der Waals surface area contributed by atoms with Crippen LogP contribution in [0.15, 0.2) is 0 Å². The Morgan fingerprint density at radius 1 is 0.459 bits per heavy atom. The van der Waals surface area contributed by atoms with Crippen LogP contribution in [0.25, 0.3) is 0 Å². The Bertz CT molecular complexity index is 403. The standard InChI is InChI=1S/C34H71NO2/c1-3-5-7-9-11-13-15-17-19-21-23-25-27-29-31-37-32-33(35)34(36)30-28-26-24-22-20-18-16-14-12-10-8-6-4-2/h33-34,36H,3-32,35H2,1-2H3. The molecule has 0 amide bonds. The second-order valence-electron chi connectivity index (χ2n) is 11.9. The molecule has 0 rings (SSSR count). The van der Waals surface area contributed by atoms with Gasteiger partial charge < -0.3 is 15.6 Å². The number of unbranched alkanes of at least 4 members (excludes halogenated alkanes) is 25. The molecule has 0 spiro atoms. The summed E-state index contributed by atoms with van der Waals surface area (Å²) in [5.41, 5.74) is 6.15.